The Balaban J connectivity index is 1.51. The van der Waals surface area contributed by atoms with Gasteiger partial charge in [-0.25, -0.2) is 14.6 Å². The second-order valence-corrected chi connectivity index (χ2v) is 12.8. The van der Waals surface area contributed by atoms with Gasteiger partial charge in [0.1, 0.15) is 23.6 Å². The van der Waals surface area contributed by atoms with Gasteiger partial charge in [-0.1, -0.05) is 33.8 Å². The fraction of sp³-hybridized carbons (Fsp3) is 0.375. The Morgan fingerprint density at radius 3 is 2.19 bits per heavy atom. The van der Waals surface area contributed by atoms with Crippen molar-refractivity contribution < 1.29 is 23.9 Å². The number of carbonyl (C=O) groups excluding carboxylic acids is 3. The van der Waals surface area contributed by atoms with E-state index in [1.165, 1.54) is 11.0 Å². The summed E-state index contributed by atoms with van der Waals surface area (Å²) in [5.74, 6) is 0.830. The highest BCUT2D eigenvalue weighted by molar-refractivity contribution is 6.06. The van der Waals surface area contributed by atoms with Gasteiger partial charge >= 0.3 is 0 Å². The first kappa shape index (κ1) is 27.6. The van der Waals surface area contributed by atoms with Gasteiger partial charge in [-0.15, -0.1) is 5.10 Å². The number of benzene rings is 1. The number of amides is 1. The van der Waals surface area contributed by atoms with Crippen LogP contribution in [0.2, 0.25) is 0 Å². The van der Waals surface area contributed by atoms with Crippen LogP contribution in [0.1, 0.15) is 75.5 Å². The van der Waals surface area contributed by atoms with Crippen LogP contribution in [-0.4, -0.2) is 44.3 Å². The van der Waals surface area contributed by atoms with Crippen molar-refractivity contribution in [1.82, 2.24) is 19.7 Å². The van der Waals surface area contributed by atoms with Crippen LogP contribution in [0.4, 0.5) is 0 Å². The summed E-state index contributed by atoms with van der Waals surface area (Å²) in [6, 6.07) is 11.1. The van der Waals surface area contributed by atoms with E-state index >= 15 is 0 Å². The molecule has 0 spiro atoms. The van der Waals surface area contributed by atoms with Crippen LogP contribution in [-0.2, 0) is 14.3 Å². The average Bonchev–Trinajstić information content (AvgIpc) is 3.41. The van der Waals surface area contributed by atoms with E-state index in [-0.39, 0.29) is 28.2 Å². The Hall–Kier alpha value is -4.60. The van der Waals surface area contributed by atoms with Gasteiger partial charge in [-0.3, -0.25) is 14.4 Å². The first-order chi connectivity index (χ1) is 19.9. The molecular formula is C32H33N5O5. The molecule has 3 aromatic rings. The predicted molar refractivity (Wildman–Crippen MR) is 154 cm³/mol. The van der Waals surface area contributed by atoms with Crippen LogP contribution in [0.25, 0.3) is 17.1 Å². The Labute approximate surface area is 243 Å². The van der Waals surface area contributed by atoms with Gasteiger partial charge in [0.15, 0.2) is 17.4 Å². The number of hydrogen-bond donors (Lipinski definition) is 1. The molecule has 1 aromatic carbocycles. The molecule has 3 aliphatic rings. The summed E-state index contributed by atoms with van der Waals surface area (Å²) in [5, 5.41) is 4.11. The minimum atomic E-state index is -0.732. The molecule has 0 bridgehead atoms. The SMILES string of the molecule is COc1ccc(-c2cccc(-n3cnc(C(N)=O)n3)n2)cc1C1C2=C(CC(C)(C)CC2=O)OC2=C1C(=O)CC(C)(C)C2. The number of pyridine rings is 1. The fourth-order valence-corrected chi connectivity index (χ4v) is 6.30. The van der Waals surface area contributed by atoms with Gasteiger partial charge in [0.25, 0.3) is 5.91 Å². The van der Waals surface area contributed by atoms with Crippen LogP contribution in [0.3, 0.4) is 0 Å². The van der Waals surface area contributed by atoms with E-state index in [4.69, 9.17) is 20.2 Å². The number of Topliss-reactive ketones (excluding diaryl/α,β-unsaturated/α-hetero) is 2. The minimum Gasteiger partial charge on any atom is -0.496 e. The molecule has 3 heterocycles. The molecule has 0 fully saturated rings. The van der Waals surface area contributed by atoms with Crippen LogP contribution >= 0.6 is 0 Å². The van der Waals surface area contributed by atoms with Gasteiger partial charge in [-0.2, -0.15) is 0 Å². The van der Waals surface area contributed by atoms with Crippen LogP contribution in [0.5, 0.6) is 5.75 Å². The van der Waals surface area contributed by atoms with Crippen molar-refractivity contribution in [3.63, 3.8) is 0 Å². The summed E-state index contributed by atoms with van der Waals surface area (Å²) in [5.41, 5.74) is 7.98. The molecule has 2 N–H and O–H groups in total. The first-order valence-electron chi connectivity index (χ1n) is 13.9. The molecule has 0 saturated heterocycles. The third-order valence-electron chi connectivity index (χ3n) is 8.10. The predicted octanol–water partition coefficient (Wildman–Crippen LogP) is 4.84. The van der Waals surface area contributed by atoms with Crippen molar-refractivity contribution in [3.05, 3.63) is 76.8 Å². The van der Waals surface area contributed by atoms with Crippen molar-refractivity contribution in [2.24, 2.45) is 16.6 Å². The van der Waals surface area contributed by atoms with Gasteiger partial charge < -0.3 is 15.2 Å². The smallest absolute Gasteiger partial charge is 0.288 e. The minimum absolute atomic E-state index is 0.0144. The van der Waals surface area contributed by atoms with Gasteiger partial charge in [0.2, 0.25) is 5.82 Å². The lowest BCUT2D eigenvalue weighted by Crippen LogP contribution is -2.37. The molecule has 2 aliphatic carbocycles. The lowest BCUT2D eigenvalue weighted by molar-refractivity contribution is -0.120. The molecule has 42 heavy (non-hydrogen) atoms. The Morgan fingerprint density at radius 2 is 1.62 bits per heavy atom. The topological polar surface area (TPSA) is 139 Å². The van der Waals surface area contributed by atoms with E-state index in [0.29, 0.717) is 71.2 Å². The number of methoxy groups -OCH3 is 1. The van der Waals surface area contributed by atoms with Gasteiger partial charge in [0.05, 0.1) is 18.7 Å². The third kappa shape index (κ3) is 4.80. The average molecular weight is 568 g/mol. The maximum atomic E-state index is 13.8. The normalized spacial score (nSPS) is 19.7. The van der Waals surface area contributed by atoms with E-state index in [9.17, 15) is 14.4 Å². The molecule has 0 saturated carbocycles. The second-order valence-electron chi connectivity index (χ2n) is 12.8. The number of carbonyl (C=O) groups is 3. The zero-order valence-corrected chi connectivity index (χ0v) is 24.4. The number of nitrogens with zero attached hydrogens (tertiary/aromatic N) is 4. The summed E-state index contributed by atoms with van der Waals surface area (Å²) >= 11 is 0. The number of rotatable bonds is 5. The standard InChI is InChI=1S/C32H33N5O5/c1-31(2)12-20(38)27-23(14-31)42-24-15-32(3,4)13-21(39)28(24)26(27)18-11-17(9-10-22(18)41-5)19-7-6-8-25(35-19)37-16-34-30(36-37)29(33)40/h6-11,16,26H,12-15H2,1-5H3,(H2,33,40). The number of hydrogen-bond acceptors (Lipinski definition) is 8. The lowest BCUT2D eigenvalue weighted by Gasteiger charge is -2.43. The highest BCUT2D eigenvalue weighted by Gasteiger charge is 2.48. The van der Waals surface area contributed by atoms with E-state index in [1.807, 2.05) is 30.3 Å². The molecule has 0 atom stereocenters. The zero-order valence-electron chi connectivity index (χ0n) is 24.4. The van der Waals surface area contributed by atoms with Crippen molar-refractivity contribution in [3.8, 4) is 22.8 Å². The van der Waals surface area contributed by atoms with E-state index in [2.05, 4.69) is 37.8 Å². The van der Waals surface area contributed by atoms with E-state index < -0.39 is 11.8 Å². The summed E-state index contributed by atoms with van der Waals surface area (Å²) < 4.78 is 13.7. The Bertz CT molecular complexity index is 1680. The maximum absolute atomic E-state index is 13.8. The lowest BCUT2D eigenvalue weighted by atomic mass is 9.65. The monoisotopic (exact) mass is 567 g/mol. The van der Waals surface area contributed by atoms with Crippen molar-refractivity contribution >= 4 is 17.5 Å². The number of nitrogens with two attached hydrogens (primary N) is 1. The summed E-state index contributed by atoms with van der Waals surface area (Å²) in [4.78, 5) is 47.7. The molecule has 10 heteroatoms. The Kier molecular flexibility index (Phi) is 6.40. The third-order valence-corrected chi connectivity index (χ3v) is 8.10. The molecule has 1 amide bonds. The number of allylic oxidation sites excluding steroid dienone is 4. The maximum Gasteiger partial charge on any atom is 0.288 e. The van der Waals surface area contributed by atoms with Crippen molar-refractivity contribution in [2.45, 2.75) is 59.3 Å². The molecule has 2 aromatic heterocycles. The second kappa shape index (κ2) is 9.75. The number of primary amides is 1. The summed E-state index contributed by atoms with van der Waals surface area (Å²) in [6.45, 7) is 8.26. The Morgan fingerprint density at radius 1 is 0.976 bits per heavy atom. The quantitative estimate of drug-likeness (QED) is 0.462. The molecule has 0 unspecified atom stereocenters. The summed E-state index contributed by atoms with van der Waals surface area (Å²) in [7, 11) is 1.58. The van der Waals surface area contributed by atoms with E-state index in [0.717, 1.165) is 5.56 Å². The summed E-state index contributed by atoms with van der Waals surface area (Å²) in [6.07, 6.45) is 3.32. The number of ether oxygens (including phenoxy) is 2. The van der Waals surface area contributed by atoms with E-state index in [1.54, 1.807) is 13.2 Å². The molecule has 1 aliphatic heterocycles. The fourth-order valence-electron chi connectivity index (χ4n) is 6.30. The van der Waals surface area contributed by atoms with Crippen LogP contribution in [0.15, 0.2) is 65.4 Å². The molecule has 10 nitrogen and oxygen atoms in total. The van der Waals surface area contributed by atoms with Gasteiger partial charge in [-0.05, 0) is 41.2 Å². The van der Waals surface area contributed by atoms with Crippen LogP contribution < -0.4 is 10.5 Å². The molecule has 216 valence electrons. The first-order valence-corrected chi connectivity index (χ1v) is 13.9. The molecular weight excluding hydrogens is 534 g/mol. The zero-order chi connectivity index (χ0) is 30.0. The van der Waals surface area contributed by atoms with Gasteiger partial charge in [0, 0.05) is 48.0 Å². The molecule has 6 rings (SSSR count). The van der Waals surface area contributed by atoms with Crippen molar-refractivity contribution in [2.75, 3.05) is 7.11 Å². The van der Waals surface area contributed by atoms with Crippen LogP contribution in [0, 0.1) is 10.8 Å². The number of aromatic nitrogens is 4. The highest BCUT2D eigenvalue weighted by atomic mass is 16.5. The van der Waals surface area contributed by atoms with Crippen molar-refractivity contribution in [1.29, 1.82) is 0 Å². The highest BCUT2D eigenvalue weighted by Crippen LogP contribution is 2.54. The number of ketones is 2. The largest absolute Gasteiger partial charge is 0.496 e. The molecule has 0 radical (unpaired) electrons.